The summed E-state index contributed by atoms with van der Waals surface area (Å²) in [6.45, 7) is 4.39. The van der Waals surface area contributed by atoms with E-state index in [9.17, 15) is 0 Å². The summed E-state index contributed by atoms with van der Waals surface area (Å²) in [6.07, 6.45) is 1.73. The summed E-state index contributed by atoms with van der Waals surface area (Å²) in [5.41, 5.74) is 7.10. The SMILES string of the molecule is CC(C)c1ccc(-c2cc(-c3c(-c4ccccc4)ccnc3Cl)n[nH]2)cc1. The van der Waals surface area contributed by atoms with Crippen molar-refractivity contribution < 1.29 is 0 Å². The molecule has 1 N–H and O–H groups in total. The van der Waals surface area contributed by atoms with Crippen LogP contribution < -0.4 is 0 Å². The maximum absolute atomic E-state index is 6.46. The molecule has 0 amide bonds. The minimum atomic E-state index is 0.449. The van der Waals surface area contributed by atoms with Crippen molar-refractivity contribution in [3.63, 3.8) is 0 Å². The second-order valence-electron chi connectivity index (χ2n) is 6.83. The maximum atomic E-state index is 6.46. The van der Waals surface area contributed by atoms with Crippen LogP contribution in [-0.2, 0) is 0 Å². The molecule has 0 radical (unpaired) electrons. The smallest absolute Gasteiger partial charge is 0.139 e. The fourth-order valence-electron chi connectivity index (χ4n) is 3.18. The Bertz CT molecular complexity index is 1050. The van der Waals surface area contributed by atoms with Gasteiger partial charge in [-0.05, 0) is 40.3 Å². The summed E-state index contributed by atoms with van der Waals surface area (Å²) in [6, 6.07) is 22.7. The molecule has 0 spiro atoms. The number of nitrogens with one attached hydrogen (secondary N) is 1. The largest absolute Gasteiger partial charge is 0.277 e. The monoisotopic (exact) mass is 373 g/mol. The van der Waals surface area contributed by atoms with Gasteiger partial charge in [-0.2, -0.15) is 5.10 Å². The number of aromatic nitrogens is 3. The molecule has 2 aromatic heterocycles. The zero-order chi connectivity index (χ0) is 18.8. The molecule has 2 heterocycles. The molecule has 0 fully saturated rings. The molecule has 0 saturated carbocycles. The van der Waals surface area contributed by atoms with Gasteiger partial charge in [-0.1, -0.05) is 80.0 Å². The van der Waals surface area contributed by atoms with Crippen molar-refractivity contribution in [3.05, 3.63) is 83.6 Å². The third-order valence-electron chi connectivity index (χ3n) is 4.71. The van der Waals surface area contributed by atoms with Gasteiger partial charge in [-0.3, -0.25) is 5.10 Å². The van der Waals surface area contributed by atoms with E-state index in [1.807, 2.05) is 30.3 Å². The Hall–Kier alpha value is -2.91. The molecule has 27 heavy (non-hydrogen) atoms. The Labute approximate surface area is 164 Å². The molecule has 0 aliphatic heterocycles. The van der Waals surface area contributed by atoms with Gasteiger partial charge in [0.1, 0.15) is 5.15 Å². The molecule has 4 rings (SSSR count). The maximum Gasteiger partial charge on any atom is 0.139 e. The molecule has 4 aromatic rings. The first-order valence-electron chi connectivity index (χ1n) is 8.99. The van der Waals surface area contributed by atoms with E-state index in [2.05, 4.69) is 65.4 Å². The highest BCUT2D eigenvalue weighted by Crippen LogP contribution is 2.36. The van der Waals surface area contributed by atoms with E-state index >= 15 is 0 Å². The number of pyridine rings is 1. The zero-order valence-electron chi connectivity index (χ0n) is 15.3. The standard InChI is InChI=1S/C23H20ClN3/c1-15(2)16-8-10-18(11-9-16)20-14-21(27-26-20)22-19(12-13-25-23(22)24)17-6-4-3-5-7-17/h3-15H,1-2H3,(H,26,27). The number of hydrogen-bond donors (Lipinski definition) is 1. The van der Waals surface area contributed by atoms with Gasteiger partial charge >= 0.3 is 0 Å². The number of halogens is 1. The Balaban J connectivity index is 1.76. The molecule has 0 aliphatic carbocycles. The summed E-state index contributed by atoms with van der Waals surface area (Å²) < 4.78 is 0. The van der Waals surface area contributed by atoms with Crippen molar-refractivity contribution in [2.45, 2.75) is 19.8 Å². The van der Waals surface area contributed by atoms with Crippen molar-refractivity contribution >= 4 is 11.6 Å². The number of benzene rings is 2. The summed E-state index contributed by atoms with van der Waals surface area (Å²) in [4.78, 5) is 4.27. The van der Waals surface area contributed by atoms with Gasteiger partial charge in [-0.25, -0.2) is 4.98 Å². The average molecular weight is 374 g/mol. The van der Waals surface area contributed by atoms with Crippen LogP contribution in [-0.4, -0.2) is 15.2 Å². The fraction of sp³-hybridized carbons (Fsp3) is 0.130. The van der Waals surface area contributed by atoms with E-state index in [1.54, 1.807) is 6.20 Å². The van der Waals surface area contributed by atoms with Crippen molar-refractivity contribution in [1.82, 2.24) is 15.2 Å². The second-order valence-corrected chi connectivity index (χ2v) is 7.19. The summed E-state index contributed by atoms with van der Waals surface area (Å²) in [7, 11) is 0. The molecule has 0 atom stereocenters. The molecule has 0 bridgehead atoms. The number of hydrogen-bond acceptors (Lipinski definition) is 2. The van der Waals surface area contributed by atoms with Crippen LogP contribution in [0.3, 0.4) is 0 Å². The summed E-state index contributed by atoms with van der Waals surface area (Å²) >= 11 is 6.46. The van der Waals surface area contributed by atoms with E-state index in [-0.39, 0.29) is 0 Å². The van der Waals surface area contributed by atoms with E-state index in [0.717, 1.165) is 33.6 Å². The number of rotatable bonds is 4. The average Bonchev–Trinajstić information content (AvgIpc) is 3.18. The first-order valence-corrected chi connectivity index (χ1v) is 9.37. The van der Waals surface area contributed by atoms with Crippen LogP contribution in [0.1, 0.15) is 25.3 Å². The van der Waals surface area contributed by atoms with Gasteiger partial charge in [0.2, 0.25) is 0 Å². The van der Waals surface area contributed by atoms with Gasteiger partial charge in [0.05, 0.1) is 11.4 Å². The second kappa shape index (κ2) is 7.37. The van der Waals surface area contributed by atoms with Crippen molar-refractivity contribution in [2.24, 2.45) is 0 Å². The van der Waals surface area contributed by atoms with Crippen LogP contribution >= 0.6 is 11.6 Å². The van der Waals surface area contributed by atoms with Crippen LogP contribution in [0.2, 0.25) is 5.15 Å². The lowest BCUT2D eigenvalue weighted by Crippen LogP contribution is -1.89. The molecular formula is C23H20ClN3. The Morgan fingerprint density at radius 1 is 0.889 bits per heavy atom. The predicted octanol–water partition coefficient (Wildman–Crippen LogP) is 6.58. The quantitative estimate of drug-likeness (QED) is 0.410. The van der Waals surface area contributed by atoms with Crippen LogP contribution in [0.25, 0.3) is 33.6 Å². The molecule has 2 aromatic carbocycles. The number of nitrogens with zero attached hydrogens (tertiary/aromatic N) is 2. The van der Waals surface area contributed by atoms with Crippen LogP contribution in [0.15, 0.2) is 72.9 Å². The molecule has 0 saturated heterocycles. The minimum Gasteiger partial charge on any atom is -0.277 e. The van der Waals surface area contributed by atoms with E-state index in [1.165, 1.54) is 5.56 Å². The van der Waals surface area contributed by atoms with Crippen molar-refractivity contribution in [2.75, 3.05) is 0 Å². The number of H-pyrrole nitrogens is 1. The highest BCUT2D eigenvalue weighted by atomic mass is 35.5. The normalized spacial score (nSPS) is 11.1. The predicted molar refractivity (Wildman–Crippen MR) is 112 cm³/mol. The topological polar surface area (TPSA) is 41.6 Å². The first kappa shape index (κ1) is 17.5. The lowest BCUT2D eigenvalue weighted by Gasteiger charge is -2.08. The molecule has 134 valence electrons. The van der Waals surface area contributed by atoms with Gasteiger partial charge in [0.15, 0.2) is 0 Å². The van der Waals surface area contributed by atoms with E-state index in [0.29, 0.717) is 11.1 Å². The highest BCUT2D eigenvalue weighted by Gasteiger charge is 2.16. The molecule has 0 aliphatic rings. The lowest BCUT2D eigenvalue weighted by molar-refractivity contribution is 0.867. The van der Waals surface area contributed by atoms with Gasteiger partial charge in [0, 0.05) is 11.8 Å². The lowest BCUT2D eigenvalue weighted by atomic mass is 9.98. The Morgan fingerprint density at radius 3 is 2.33 bits per heavy atom. The van der Waals surface area contributed by atoms with Crippen LogP contribution in [0.5, 0.6) is 0 Å². The summed E-state index contributed by atoms with van der Waals surface area (Å²) in [5, 5.41) is 8.11. The van der Waals surface area contributed by atoms with E-state index < -0.39 is 0 Å². The molecule has 4 heteroatoms. The van der Waals surface area contributed by atoms with E-state index in [4.69, 9.17) is 11.6 Å². The Kier molecular flexibility index (Phi) is 4.78. The summed E-state index contributed by atoms with van der Waals surface area (Å²) in [5.74, 6) is 0.513. The number of aromatic amines is 1. The third kappa shape index (κ3) is 3.51. The van der Waals surface area contributed by atoms with Crippen molar-refractivity contribution in [3.8, 4) is 33.6 Å². The fourth-order valence-corrected chi connectivity index (χ4v) is 3.44. The third-order valence-corrected chi connectivity index (χ3v) is 5.00. The van der Waals surface area contributed by atoms with Crippen molar-refractivity contribution in [1.29, 1.82) is 0 Å². The first-order chi connectivity index (χ1) is 13.1. The zero-order valence-corrected chi connectivity index (χ0v) is 16.0. The molecule has 0 unspecified atom stereocenters. The van der Waals surface area contributed by atoms with Crippen LogP contribution in [0.4, 0.5) is 0 Å². The Morgan fingerprint density at radius 2 is 1.63 bits per heavy atom. The van der Waals surface area contributed by atoms with Gasteiger partial charge in [-0.15, -0.1) is 0 Å². The molecule has 3 nitrogen and oxygen atoms in total. The highest BCUT2D eigenvalue weighted by molar-refractivity contribution is 6.32. The van der Waals surface area contributed by atoms with Gasteiger partial charge in [0.25, 0.3) is 0 Å². The minimum absolute atomic E-state index is 0.449. The molecular weight excluding hydrogens is 354 g/mol. The van der Waals surface area contributed by atoms with Gasteiger partial charge < -0.3 is 0 Å². The van der Waals surface area contributed by atoms with Crippen LogP contribution in [0, 0.1) is 0 Å².